The molecule has 0 heterocycles. The lowest BCUT2D eigenvalue weighted by atomic mass is 9.13. The van der Waals surface area contributed by atoms with Crippen LogP contribution in [0.3, 0.4) is 0 Å². The molecule has 0 aliphatic carbocycles. The van der Waals surface area contributed by atoms with Crippen molar-refractivity contribution >= 4 is 38.9 Å². The molecule has 56 heavy (non-hydrogen) atoms. The second-order valence-electron chi connectivity index (χ2n) is 18.1. The standard InChI is InChI=1S/C30H39S.C24H20B/c1-28(2,3)22-10-16-25(17-11-22)31(26-18-12-23(13-19-26)29(4,5)6)27-20-14-24(15-21-27)30(7,8)9;1-5-13-21(14-6-1)25(22-15-7-2-8-16-22,23-17-9-3-10-18-23)24-19-11-4-12-20-24/h10-21H,1-9H3;1-20H/q+1;-1. The van der Waals surface area contributed by atoms with Gasteiger partial charge in [-0.1, -0.05) is 220 Å². The summed E-state index contributed by atoms with van der Waals surface area (Å²) in [5.41, 5.74) is 10.00. The van der Waals surface area contributed by atoms with Crippen LogP contribution in [-0.4, -0.2) is 6.15 Å². The summed E-state index contributed by atoms with van der Waals surface area (Å²) >= 11 is 0. The van der Waals surface area contributed by atoms with E-state index in [1.54, 1.807) is 0 Å². The maximum absolute atomic E-state index is 2.33. The maximum Gasteiger partial charge on any atom is 0.166 e. The highest BCUT2D eigenvalue weighted by molar-refractivity contribution is 7.97. The van der Waals surface area contributed by atoms with Crippen molar-refractivity contribution < 1.29 is 0 Å². The first-order chi connectivity index (χ1) is 26.7. The van der Waals surface area contributed by atoms with E-state index < -0.39 is 6.15 Å². The molecule has 0 aliphatic heterocycles. The highest BCUT2D eigenvalue weighted by Crippen LogP contribution is 2.35. The Labute approximate surface area is 341 Å². The average Bonchev–Trinajstić information content (AvgIpc) is 3.20. The van der Waals surface area contributed by atoms with Gasteiger partial charge >= 0.3 is 0 Å². The number of benzene rings is 7. The largest absolute Gasteiger partial charge is 0.195 e. The first-order valence-electron chi connectivity index (χ1n) is 20.1. The minimum atomic E-state index is -1.22. The molecule has 7 aromatic rings. The summed E-state index contributed by atoms with van der Waals surface area (Å²) in [7, 11) is -0.120. The highest BCUT2D eigenvalue weighted by atomic mass is 32.2. The first kappa shape index (κ1) is 40.6. The van der Waals surface area contributed by atoms with Crippen LogP contribution in [0, 0.1) is 0 Å². The highest BCUT2D eigenvalue weighted by Gasteiger charge is 2.32. The van der Waals surface area contributed by atoms with Crippen molar-refractivity contribution in [2.75, 3.05) is 0 Å². The van der Waals surface area contributed by atoms with Crippen LogP contribution in [0.4, 0.5) is 0 Å². The molecule has 0 N–H and O–H groups in total. The van der Waals surface area contributed by atoms with Crippen LogP contribution >= 0.6 is 0 Å². The molecule has 0 aliphatic rings. The summed E-state index contributed by atoms with van der Waals surface area (Å²) in [6, 6.07) is 71.4. The van der Waals surface area contributed by atoms with E-state index in [1.165, 1.54) is 53.2 Å². The summed E-state index contributed by atoms with van der Waals surface area (Å²) < 4.78 is 0. The maximum atomic E-state index is 2.33. The Morgan fingerprint density at radius 3 is 0.643 bits per heavy atom. The van der Waals surface area contributed by atoms with Crippen LogP contribution in [0.25, 0.3) is 0 Å². The Morgan fingerprint density at radius 2 is 0.464 bits per heavy atom. The van der Waals surface area contributed by atoms with E-state index in [2.05, 4.69) is 256 Å². The molecular formula is C54H59BS. The third kappa shape index (κ3) is 9.14. The van der Waals surface area contributed by atoms with Crippen LogP contribution in [0.1, 0.15) is 79.0 Å². The van der Waals surface area contributed by atoms with Crippen LogP contribution in [0.15, 0.2) is 209 Å². The summed E-state index contributed by atoms with van der Waals surface area (Å²) in [4.78, 5) is 4.13. The van der Waals surface area contributed by atoms with Gasteiger partial charge < -0.3 is 0 Å². The van der Waals surface area contributed by atoms with Crippen molar-refractivity contribution in [1.82, 2.24) is 0 Å². The van der Waals surface area contributed by atoms with Gasteiger partial charge in [-0.15, -0.1) is 0 Å². The summed E-state index contributed by atoms with van der Waals surface area (Å²) in [5, 5.41) is 0. The van der Waals surface area contributed by atoms with Gasteiger partial charge in [0.25, 0.3) is 0 Å². The molecular weight excluding hydrogens is 691 g/mol. The molecule has 284 valence electrons. The van der Waals surface area contributed by atoms with Gasteiger partial charge in [-0.2, -0.15) is 21.9 Å². The molecule has 0 atom stereocenters. The Balaban J connectivity index is 0.000000194. The molecule has 2 heteroatoms. The van der Waals surface area contributed by atoms with Crippen molar-refractivity contribution in [2.45, 2.75) is 93.2 Å². The molecule has 0 saturated heterocycles. The van der Waals surface area contributed by atoms with Gasteiger partial charge in [-0.3, -0.25) is 0 Å². The van der Waals surface area contributed by atoms with Crippen molar-refractivity contribution in [3.63, 3.8) is 0 Å². The fraction of sp³-hybridized carbons (Fsp3) is 0.222. The summed E-state index contributed by atoms with van der Waals surface area (Å²) in [6.07, 6.45) is -1.22. The van der Waals surface area contributed by atoms with Gasteiger partial charge in [0, 0.05) is 0 Å². The van der Waals surface area contributed by atoms with Gasteiger partial charge in [0.2, 0.25) is 0 Å². The molecule has 0 spiro atoms. The van der Waals surface area contributed by atoms with Gasteiger partial charge in [0.15, 0.2) is 14.7 Å². The van der Waals surface area contributed by atoms with Gasteiger partial charge in [0.1, 0.15) is 6.15 Å². The fourth-order valence-corrected chi connectivity index (χ4v) is 9.84. The molecule has 0 aromatic heterocycles. The SMILES string of the molecule is CC(C)(C)c1ccc([S+](c2ccc(C(C)(C)C)cc2)c2ccc(C(C)(C)C)cc2)cc1.c1ccc([B-](c2ccccc2)(c2ccccc2)c2ccccc2)cc1. The van der Waals surface area contributed by atoms with E-state index in [0.717, 1.165) is 0 Å². The summed E-state index contributed by atoms with van der Waals surface area (Å²) in [6.45, 7) is 20.5. The van der Waals surface area contributed by atoms with Crippen molar-refractivity contribution in [2.24, 2.45) is 0 Å². The zero-order valence-corrected chi connectivity index (χ0v) is 35.8. The lowest BCUT2D eigenvalue weighted by Crippen LogP contribution is -2.74. The topological polar surface area (TPSA) is 0 Å². The van der Waals surface area contributed by atoms with Gasteiger partial charge in [0.05, 0.1) is 10.9 Å². The third-order valence-corrected chi connectivity index (χ3v) is 13.3. The van der Waals surface area contributed by atoms with E-state index in [-0.39, 0.29) is 27.1 Å². The van der Waals surface area contributed by atoms with E-state index in [1.807, 2.05) is 0 Å². The fourth-order valence-electron chi connectivity index (χ4n) is 7.80. The van der Waals surface area contributed by atoms with Crippen LogP contribution in [0.2, 0.25) is 0 Å². The average molecular weight is 751 g/mol. The molecule has 0 unspecified atom stereocenters. The Morgan fingerprint density at radius 1 is 0.268 bits per heavy atom. The molecule has 0 amide bonds. The Kier molecular flexibility index (Phi) is 12.3. The van der Waals surface area contributed by atoms with Crippen molar-refractivity contribution in [1.29, 1.82) is 0 Å². The molecule has 0 radical (unpaired) electrons. The number of hydrogen-bond acceptors (Lipinski definition) is 0. The predicted octanol–water partition coefficient (Wildman–Crippen LogP) is 11.7. The second kappa shape index (κ2) is 17.0. The molecule has 0 bridgehead atoms. The summed E-state index contributed by atoms with van der Waals surface area (Å²) in [5.74, 6) is 0. The zero-order valence-electron chi connectivity index (χ0n) is 35.0. The lowest BCUT2D eigenvalue weighted by molar-refractivity contribution is 0.589. The third-order valence-electron chi connectivity index (χ3n) is 11.1. The zero-order chi connectivity index (χ0) is 40.0. The predicted molar refractivity (Wildman–Crippen MR) is 248 cm³/mol. The molecule has 0 nitrogen and oxygen atoms in total. The molecule has 7 aromatic carbocycles. The van der Waals surface area contributed by atoms with Crippen LogP contribution in [-0.2, 0) is 27.1 Å². The van der Waals surface area contributed by atoms with Crippen molar-refractivity contribution in [3.05, 3.63) is 211 Å². The molecule has 0 fully saturated rings. The van der Waals surface area contributed by atoms with E-state index >= 15 is 0 Å². The number of rotatable bonds is 7. The van der Waals surface area contributed by atoms with E-state index in [0.29, 0.717) is 0 Å². The number of hydrogen-bond donors (Lipinski definition) is 0. The van der Waals surface area contributed by atoms with Crippen molar-refractivity contribution in [3.8, 4) is 0 Å². The minimum Gasteiger partial charge on any atom is -0.195 e. The smallest absolute Gasteiger partial charge is 0.166 e. The minimum absolute atomic E-state index is 0.120. The van der Waals surface area contributed by atoms with E-state index in [4.69, 9.17) is 0 Å². The first-order valence-corrected chi connectivity index (χ1v) is 21.3. The second-order valence-corrected chi connectivity index (χ2v) is 20.2. The quantitative estimate of drug-likeness (QED) is 0.112. The van der Waals surface area contributed by atoms with Gasteiger partial charge in [-0.05, 0) is 69.3 Å². The lowest BCUT2D eigenvalue weighted by Gasteiger charge is -2.44. The normalized spacial score (nSPS) is 12.2. The van der Waals surface area contributed by atoms with Gasteiger partial charge in [-0.25, -0.2) is 0 Å². The Bertz CT molecular complexity index is 1940. The van der Waals surface area contributed by atoms with E-state index in [9.17, 15) is 0 Å². The molecule has 7 rings (SSSR count). The Hall–Kier alpha value is -5.05. The van der Waals surface area contributed by atoms with Crippen LogP contribution in [0.5, 0.6) is 0 Å². The molecule has 0 saturated carbocycles. The monoisotopic (exact) mass is 750 g/mol. The van der Waals surface area contributed by atoms with Crippen LogP contribution < -0.4 is 21.9 Å².